The average molecular weight is 430 g/mol. The van der Waals surface area contributed by atoms with Gasteiger partial charge in [0.15, 0.2) is 0 Å². The number of pyridine rings is 1. The first-order valence-corrected chi connectivity index (χ1v) is 11.2. The minimum atomic E-state index is 0.620. The SMILES string of the molecule is Cc1c(-c2nc(Nc3ccc4c(c3)CN(C)C4)nc3c2CCNC3)cnc2c1NCCO2. The number of aromatic nitrogens is 3. The Hall–Kier alpha value is -3.23. The van der Waals surface area contributed by atoms with Gasteiger partial charge in [-0.05, 0) is 55.8 Å². The van der Waals surface area contributed by atoms with Crippen molar-refractivity contribution in [2.24, 2.45) is 0 Å². The fourth-order valence-corrected chi connectivity index (χ4v) is 4.87. The molecule has 3 aliphatic rings. The molecule has 2 aromatic heterocycles. The summed E-state index contributed by atoms with van der Waals surface area (Å²) < 4.78 is 5.72. The predicted molar refractivity (Wildman–Crippen MR) is 124 cm³/mol. The van der Waals surface area contributed by atoms with E-state index in [4.69, 9.17) is 14.7 Å². The highest BCUT2D eigenvalue weighted by atomic mass is 16.5. The van der Waals surface area contributed by atoms with Crippen LogP contribution in [0.1, 0.15) is 27.9 Å². The van der Waals surface area contributed by atoms with Crippen LogP contribution in [0.2, 0.25) is 0 Å². The molecule has 0 saturated carbocycles. The van der Waals surface area contributed by atoms with Crippen LogP contribution in [0.25, 0.3) is 11.3 Å². The number of ether oxygens (including phenoxy) is 1. The summed E-state index contributed by atoms with van der Waals surface area (Å²) in [4.78, 5) is 16.8. The summed E-state index contributed by atoms with van der Waals surface area (Å²) in [6, 6.07) is 6.53. The molecule has 0 bridgehead atoms. The summed E-state index contributed by atoms with van der Waals surface area (Å²) in [7, 11) is 2.15. The molecule has 0 saturated heterocycles. The van der Waals surface area contributed by atoms with Crippen LogP contribution in [-0.2, 0) is 26.1 Å². The van der Waals surface area contributed by atoms with Gasteiger partial charge < -0.3 is 20.7 Å². The van der Waals surface area contributed by atoms with Crippen LogP contribution in [0, 0.1) is 6.92 Å². The van der Waals surface area contributed by atoms with Gasteiger partial charge in [-0.1, -0.05) is 6.07 Å². The summed E-state index contributed by atoms with van der Waals surface area (Å²) in [5, 5.41) is 10.3. The molecule has 0 spiro atoms. The second-order valence-corrected chi connectivity index (χ2v) is 8.78. The number of fused-ring (bicyclic) bond motifs is 3. The van der Waals surface area contributed by atoms with Crippen molar-refractivity contribution in [2.75, 3.05) is 37.4 Å². The van der Waals surface area contributed by atoms with Gasteiger partial charge >= 0.3 is 0 Å². The smallest absolute Gasteiger partial charge is 0.237 e. The van der Waals surface area contributed by atoms with E-state index in [2.05, 4.69) is 58.0 Å². The molecule has 3 aliphatic heterocycles. The number of nitrogens with zero attached hydrogens (tertiary/aromatic N) is 4. The molecule has 0 fully saturated rings. The molecule has 164 valence electrons. The van der Waals surface area contributed by atoms with Crippen LogP contribution >= 0.6 is 0 Å². The Bertz CT molecular complexity index is 1210. The second-order valence-electron chi connectivity index (χ2n) is 8.78. The monoisotopic (exact) mass is 429 g/mol. The molecular weight excluding hydrogens is 402 g/mol. The van der Waals surface area contributed by atoms with Crippen LogP contribution in [0.4, 0.5) is 17.3 Å². The predicted octanol–water partition coefficient (Wildman–Crippen LogP) is 2.99. The topological polar surface area (TPSA) is 87.2 Å². The lowest BCUT2D eigenvalue weighted by Gasteiger charge is -2.24. The highest BCUT2D eigenvalue weighted by Crippen LogP contribution is 2.37. The van der Waals surface area contributed by atoms with Crippen molar-refractivity contribution in [3.8, 4) is 17.1 Å². The van der Waals surface area contributed by atoms with E-state index in [0.29, 0.717) is 18.4 Å². The average Bonchev–Trinajstić information content (AvgIpc) is 3.18. The Morgan fingerprint density at radius 1 is 1.12 bits per heavy atom. The van der Waals surface area contributed by atoms with Crippen molar-refractivity contribution in [3.05, 3.63) is 52.3 Å². The first kappa shape index (κ1) is 19.5. The van der Waals surface area contributed by atoms with Gasteiger partial charge in [0.2, 0.25) is 11.8 Å². The molecule has 6 rings (SSSR count). The molecule has 0 atom stereocenters. The van der Waals surface area contributed by atoms with Gasteiger partial charge in [0, 0.05) is 49.2 Å². The zero-order valence-electron chi connectivity index (χ0n) is 18.5. The fraction of sp³-hybridized carbons (Fsp3) is 0.375. The molecule has 8 heteroatoms. The van der Waals surface area contributed by atoms with E-state index >= 15 is 0 Å². The fourth-order valence-electron chi connectivity index (χ4n) is 4.87. The number of nitrogens with one attached hydrogen (secondary N) is 3. The maximum atomic E-state index is 5.72. The summed E-state index contributed by atoms with van der Waals surface area (Å²) in [5.74, 6) is 1.29. The molecule has 0 amide bonds. The number of benzene rings is 1. The number of anilines is 3. The van der Waals surface area contributed by atoms with E-state index < -0.39 is 0 Å². The van der Waals surface area contributed by atoms with E-state index in [1.54, 1.807) is 0 Å². The van der Waals surface area contributed by atoms with Crippen LogP contribution in [-0.4, -0.2) is 46.6 Å². The Morgan fingerprint density at radius 2 is 2.03 bits per heavy atom. The zero-order valence-corrected chi connectivity index (χ0v) is 18.5. The third-order valence-corrected chi connectivity index (χ3v) is 6.48. The van der Waals surface area contributed by atoms with E-state index in [-0.39, 0.29) is 0 Å². The van der Waals surface area contributed by atoms with Crippen LogP contribution in [0.3, 0.4) is 0 Å². The highest BCUT2D eigenvalue weighted by molar-refractivity contribution is 5.77. The quantitative estimate of drug-likeness (QED) is 0.586. The van der Waals surface area contributed by atoms with Crippen molar-refractivity contribution in [2.45, 2.75) is 33.0 Å². The van der Waals surface area contributed by atoms with Crippen LogP contribution in [0.5, 0.6) is 5.88 Å². The lowest BCUT2D eigenvalue weighted by molar-refractivity contribution is 0.310. The Morgan fingerprint density at radius 3 is 2.97 bits per heavy atom. The van der Waals surface area contributed by atoms with Crippen molar-refractivity contribution < 1.29 is 4.74 Å². The zero-order chi connectivity index (χ0) is 21.7. The van der Waals surface area contributed by atoms with E-state index in [9.17, 15) is 0 Å². The minimum Gasteiger partial charge on any atom is -0.474 e. The molecule has 1 aromatic carbocycles. The minimum absolute atomic E-state index is 0.620. The normalized spacial score (nSPS) is 17.1. The van der Waals surface area contributed by atoms with Gasteiger partial charge in [-0.25, -0.2) is 15.0 Å². The maximum absolute atomic E-state index is 5.72. The second kappa shape index (κ2) is 7.72. The van der Waals surface area contributed by atoms with Crippen molar-refractivity contribution in [3.63, 3.8) is 0 Å². The van der Waals surface area contributed by atoms with E-state index in [0.717, 1.165) is 73.0 Å². The first-order valence-electron chi connectivity index (χ1n) is 11.2. The molecule has 3 aromatic rings. The van der Waals surface area contributed by atoms with Crippen molar-refractivity contribution >= 4 is 17.3 Å². The summed E-state index contributed by atoms with van der Waals surface area (Å²) in [6.07, 6.45) is 2.79. The van der Waals surface area contributed by atoms with Gasteiger partial charge in [0.25, 0.3) is 0 Å². The van der Waals surface area contributed by atoms with Crippen LogP contribution in [0.15, 0.2) is 24.4 Å². The number of hydrogen-bond donors (Lipinski definition) is 3. The highest BCUT2D eigenvalue weighted by Gasteiger charge is 2.24. The molecule has 0 aliphatic carbocycles. The molecular formula is C24H27N7O. The summed E-state index contributed by atoms with van der Waals surface area (Å²) in [5.41, 5.74) is 10.1. The van der Waals surface area contributed by atoms with Crippen molar-refractivity contribution in [1.29, 1.82) is 0 Å². The molecule has 0 unspecified atom stereocenters. The van der Waals surface area contributed by atoms with E-state index in [1.807, 2.05) is 6.20 Å². The van der Waals surface area contributed by atoms with Gasteiger partial charge in [0.1, 0.15) is 12.3 Å². The third-order valence-electron chi connectivity index (χ3n) is 6.48. The maximum Gasteiger partial charge on any atom is 0.237 e. The van der Waals surface area contributed by atoms with E-state index in [1.165, 1.54) is 16.7 Å². The first-order chi connectivity index (χ1) is 15.7. The molecule has 3 N–H and O–H groups in total. The van der Waals surface area contributed by atoms with Crippen LogP contribution < -0.4 is 20.7 Å². The molecule has 8 nitrogen and oxygen atoms in total. The Balaban J connectivity index is 1.41. The molecule has 0 radical (unpaired) electrons. The Kier molecular flexibility index (Phi) is 4.69. The Labute approximate surface area is 187 Å². The largest absolute Gasteiger partial charge is 0.474 e. The molecule has 32 heavy (non-hydrogen) atoms. The molecule has 5 heterocycles. The van der Waals surface area contributed by atoms with Gasteiger partial charge in [-0.15, -0.1) is 0 Å². The van der Waals surface area contributed by atoms with Crippen molar-refractivity contribution in [1.82, 2.24) is 25.2 Å². The summed E-state index contributed by atoms with van der Waals surface area (Å²) >= 11 is 0. The lowest BCUT2D eigenvalue weighted by Crippen LogP contribution is -2.26. The lowest BCUT2D eigenvalue weighted by atomic mass is 9.97. The van der Waals surface area contributed by atoms with Gasteiger partial charge in [0.05, 0.1) is 11.4 Å². The summed E-state index contributed by atoms with van der Waals surface area (Å²) in [6.45, 7) is 7.17. The van der Waals surface area contributed by atoms with Gasteiger partial charge in [-0.3, -0.25) is 4.90 Å². The number of rotatable bonds is 3. The standard InChI is InChI=1S/C24H27N7O/c1-14-19(10-27-23-21(14)26-7-8-32-23)22-18-5-6-25-11-20(18)29-24(30-22)28-17-4-3-15-12-31(2)13-16(15)9-17/h3-4,9-10,25-26H,5-8,11-13H2,1-2H3,(H,28,29,30). The number of hydrogen-bond acceptors (Lipinski definition) is 8. The third kappa shape index (κ3) is 3.36. The van der Waals surface area contributed by atoms with Gasteiger partial charge in [-0.2, -0.15) is 0 Å².